The van der Waals surface area contributed by atoms with Crippen LogP contribution in [-0.2, 0) is 6.42 Å². The SMILES string of the molecule is Cc1ccc(-n2c(Cc3ccc(Cl)cc3)n[nH]c2=S)cc1. The van der Waals surface area contributed by atoms with Gasteiger partial charge in [0.1, 0.15) is 5.82 Å². The molecule has 0 fully saturated rings. The van der Waals surface area contributed by atoms with Crippen molar-refractivity contribution in [3.8, 4) is 5.69 Å². The lowest BCUT2D eigenvalue weighted by Gasteiger charge is -2.07. The van der Waals surface area contributed by atoms with E-state index >= 15 is 0 Å². The van der Waals surface area contributed by atoms with Gasteiger partial charge in [0.25, 0.3) is 0 Å². The smallest absolute Gasteiger partial charge is 0.199 e. The number of halogens is 1. The molecule has 3 nitrogen and oxygen atoms in total. The molecule has 0 aliphatic carbocycles. The molecule has 5 heteroatoms. The Balaban J connectivity index is 1.99. The van der Waals surface area contributed by atoms with Crippen LogP contribution < -0.4 is 0 Å². The molecular formula is C16H14ClN3S. The first kappa shape index (κ1) is 14.0. The molecule has 0 saturated carbocycles. The van der Waals surface area contributed by atoms with E-state index < -0.39 is 0 Å². The molecule has 106 valence electrons. The van der Waals surface area contributed by atoms with Crippen LogP contribution in [0.25, 0.3) is 5.69 Å². The highest BCUT2D eigenvalue weighted by Gasteiger charge is 2.09. The second-order valence-electron chi connectivity index (χ2n) is 4.92. The van der Waals surface area contributed by atoms with Gasteiger partial charge in [-0.3, -0.25) is 9.67 Å². The minimum absolute atomic E-state index is 0.600. The van der Waals surface area contributed by atoms with Crippen molar-refractivity contribution in [2.45, 2.75) is 13.3 Å². The number of nitrogens with one attached hydrogen (secondary N) is 1. The monoisotopic (exact) mass is 315 g/mol. The van der Waals surface area contributed by atoms with Crippen LogP contribution in [0.4, 0.5) is 0 Å². The van der Waals surface area contributed by atoms with Gasteiger partial charge in [0.2, 0.25) is 0 Å². The van der Waals surface area contributed by atoms with Crippen LogP contribution in [0.1, 0.15) is 17.0 Å². The lowest BCUT2D eigenvalue weighted by atomic mass is 10.1. The van der Waals surface area contributed by atoms with Crippen LogP contribution in [0.5, 0.6) is 0 Å². The third-order valence-electron chi connectivity index (χ3n) is 3.31. The van der Waals surface area contributed by atoms with E-state index in [4.69, 9.17) is 23.8 Å². The molecule has 2 aromatic carbocycles. The number of hydrogen-bond acceptors (Lipinski definition) is 2. The van der Waals surface area contributed by atoms with Crippen molar-refractivity contribution >= 4 is 23.8 Å². The van der Waals surface area contributed by atoms with E-state index in [1.165, 1.54) is 5.56 Å². The van der Waals surface area contributed by atoms with Crippen molar-refractivity contribution in [1.29, 1.82) is 0 Å². The highest BCUT2D eigenvalue weighted by atomic mass is 35.5. The van der Waals surface area contributed by atoms with E-state index in [0.29, 0.717) is 11.2 Å². The molecule has 1 N–H and O–H groups in total. The third-order valence-corrected chi connectivity index (χ3v) is 3.84. The lowest BCUT2D eigenvalue weighted by molar-refractivity contribution is 0.902. The van der Waals surface area contributed by atoms with Gasteiger partial charge in [-0.15, -0.1) is 0 Å². The Bertz CT molecular complexity index is 801. The van der Waals surface area contributed by atoms with Crippen LogP contribution in [0.15, 0.2) is 48.5 Å². The zero-order valence-corrected chi connectivity index (χ0v) is 13.1. The standard InChI is InChI=1S/C16H14ClN3S/c1-11-2-8-14(9-3-11)20-15(18-19-16(20)21)10-12-4-6-13(17)7-5-12/h2-9H,10H2,1H3,(H,19,21). The highest BCUT2D eigenvalue weighted by molar-refractivity contribution is 7.71. The first-order valence-corrected chi connectivity index (χ1v) is 7.40. The van der Waals surface area contributed by atoms with E-state index in [-0.39, 0.29) is 0 Å². The molecule has 1 aromatic heterocycles. The summed E-state index contributed by atoms with van der Waals surface area (Å²) in [5, 5.41) is 7.95. The zero-order valence-electron chi connectivity index (χ0n) is 11.5. The van der Waals surface area contributed by atoms with Crippen molar-refractivity contribution in [3.63, 3.8) is 0 Å². The van der Waals surface area contributed by atoms with Crippen molar-refractivity contribution in [3.05, 3.63) is 75.3 Å². The number of aryl methyl sites for hydroxylation is 1. The third kappa shape index (κ3) is 3.06. The predicted molar refractivity (Wildman–Crippen MR) is 87.7 cm³/mol. The molecule has 0 bridgehead atoms. The maximum atomic E-state index is 5.92. The van der Waals surface area contributed by atoms with Crippen LogP contribution in [0, 0.1) is 11.7 Å². The van der Waals surface area contributed by atoms with Crippen molar-refractivity contribution < 1.29 is 0 Å². The normalized spacial score (nSPS) is 10.8. The Morgan fingerprint density at radius 2 is 1.76 bits per heavy atom. The Morgan fingerprint density at radius 1 is 1.10 bits per heavy atom. The van der Waals surface area contributed by atoms with Crippen LogP contribution in [0.3, 0.4) is 0 Å². The quantitative estimate of drug-likeness (QED) is 0.723. The molecule has 21 heavy (non-hydrogen) atoms. The Hall–Kier alpha value is -1.91. The summed E-state index contributed by atoms with van der Waals surface area (Å²) in [7, 11) is 0. The van der Waals surface area contributed by atoms with Crippen molar-refractivity contribution in [2.24, 2.45) is 0 Å². The van der Waals surface area contributed by atoms with Gasteiger partial charge in [-0.25, -0.2) is 0 Å². The number of nitrogens with zero attached hydrogens (tertiary/aromatic N) is 2. The first-order chi connectivity index (χ1) is 10.1. The van der Waals surface area contributed by atoms with E-state index in [0.717, 1.165) is 22.1 Å². The lowest BCUT2D eigenvalue weighted by Crippen LogP contribution is -2.02. The average Bonchev–Trinajstić information content (AvgIpc) is 2.83. The summed E-state index contributed by atoms with van der Waals surface area (Å²) in [6, 6.07) is 16.0. The first-order valence-electron chi connectivity index (χ1n) is 6.61. The molecule has 0 spiro atoms. The summed E-state index contributed by atoms with van der Waals surface area (Å²) >= 11 is 11.3. The summed E-state index contributed by atoms with van der Waals surface area (Å²) in [6.07, 6.45) is 0.693. The van der Waals surface area contributed by atoms with Gasteiger partial charge >= 0.3 is 0 Å². The molecule has 0 unspecified atom stereocenters. The second kappa shape index (κ2) is 5.84. The Kier molecular flexibility index (Phi) is 3.90. The molecule has 3 aromatic rings. The summed E-state index contributed by atoms with van der Waals surface area (Å²) in [6.45, 7) is 2.06. The fourth-order valence-corrected chi connectivity index (χ4v) is 2.58. The highest BCUT2D eigenvalue weighted by Crippen LogP contribution is 2.16. The molecule has 0 atom stereocenters. The molecule has 1 heterocycles. The Morgan fingerprint density at radius 3 is 2.43 bits per heavy atom. The van der Waals surface area contributed by atoms with Crippen LogP contribution in [-0.4, -0.2) is 14.8 Å². The molecule has 0 amide bonds. The number of aromatic amines is 1. The van der Waals surface area contributed by atoms with Crippen LogP contribution >= 0.6 is 23.8 Å². The number of benzene rings is 2. The van der Waals surface area contributed by atoms with Gasteiger partial charge < -0.3 is 0 Å². The molecule has 0 aliphatic rings. The molecular weight excluding hydrogens is 302 g/mol. The summed E-state index contributed by atoms with van der Waals surface area (Å²) in [5.41, 5.74) is 3.37. The second-order valence-corrected chi connectivity index (χ2v) is 5.74. The van der Waals surface area contributed by atoms with Gasteiger partial charge in [0, 0.05) is 17.1 Å². The number of H-pyrrole nitrogens is 1. The van der Waals surface area contributed by atoms with Gasteiger partial charge in [-0.2, -0.15) is 5.10 Å². The summed E-state index contributed by atoms with van der Waals surface area (Å²) in [4.78, 5) is 0. The van der Waals surface area contributed by atoms with Crippen molar-refractivity contribution in [2.75, 3.05) is 0 Å². The van der Waals surface area contributed by atoms with Crippen molar-refractivity contribution in [1.82, 2.24) is 14.8 Å². The molecule has 0 radical (unpaired) electrons. The maximum Gasteiger partial charge on any atom is 0.199 e. The van der Waals surface area contributed by atoms with E-state index in [2.05, 4.69) is 29.3 Å². The minimum Gasteiger partial charge on any atom is -0.272 e. The average molecular weight is 316 g/mol. The zero-order chi connectivity index (χ0) is 14.8. The number of hydrogen-bond donors (Lipinski definition) is 1. The largest absolute Gasteiger partial charge is 0.272 e. The van der Waals surface area contributed by atoms with Gasteiger partial charge in [-0.05, 0) is 49.0 Å². The van der Waals surface area contributed by atoms with E-state index in [9.17, 15) is 0 Å². The molecule has 3 rings (SSSR count). The van der Waals surface area contributed by atoms with E-state index in [1.54, 1.807) is 0 Å². The van der Waals surface area contributed by atoms with Gasteiger partial charge in [0.15, 0.2) is 4.77 Å². The molecule has 0 aliphatic heterocycles. The predicted octanol–water partition coefficient (Wildman–Crippen LogP) is 4.48. The Labute approximate surface area is 133 Å². The topological polar surface area (TPSA) is 33.6 Å². The number of aromatic nitrogens is 3. The fraction of sp³-hybridized carbons (Fsp3) is 0.125. The maximum absolute atomic E-state index is 5.92. The van der Waals surface area contributed by atoms with E-state index in [1.807, 2.05) is 41.0 Å². The minimum atomic E-state index is 0.600. The van der Waals surface area contributed by atoms with Gasteiger partial charge in [-0.1, -0.05) is 41.4 Å². The van der Waals surface area contributed by atoms with Gasteiger partial charge in [0.05, 0.1) is 0 Å². The summed E-state index contributed by atoms with van der Waals surface area (Å²) < 4.78 is 2.56. The van der Waals surface area contributed by atoms with Crippen LogP contribution in [0.2, 0.25) is 5.02 Å². The summed E-state index contributed by atoms with van der Waals surface area (Å²) in [5.74, 6) is 0.881. The molecule has 0 saturated heterocycles. The fourth-order valence-electron chi connectivity index (χ4n) is 2.19. The number of rotatable bonds is 3.